The fraction of sp³-hybridized carbons (Fsp3) is 0.143. The molecule has 0 bridgehead atoms. The number of benzene rings is 3. The number of hydrogen-bond donors (Lipinski definition) is 1. The fourth-order valence-electron chi connectivity index (χ4n) is 3.42. The molecule has 0 saturated heterocycles. The molecule has 0 radical (unpaired) electrons. The molecule has 2 nitrogen and oxygen atoms in total. The third-order valence-electron chi connectivity index (χ3n) is 4.68. The zero-order valence-electron chi connectivity index (χ0n) is 13.8. The maximum atomic E-state index is 6.36. The zero-order valence-corrected chi connectivity index (χ0v) is 14.6. The van der Waals surface area contributed by atoms with Crippen molar-refractivity contribution in [2.75, 3.05) is 7.05 Å². The second-order valence-electron chi connectivity index (χ2n) is 6.14. The first-order valence-electron chi connectivity index (χ1n) is 8.09. The number of halogens is 1. The minimum absolute atomic E-state index is 0.797. The molecule has 0 fully saturated rings. The number of aryl methyl sites for hydroxylation is 1. The minimum atomic E-state index is 0.797. The van der Waals surface area contributed by atoms with Gasteiger partial charge in [0.05, 0.1) is 0 Å². The van der Waals surface area contributed by atoms with Gasteiger partial charge in [-0.1, -0.05) is 54.1 Å². The van der Waals surface area contributed by atoms with Crippen molar-refractivity contribution in [1.82, 2.24) is 9.88 Å². The van der Waals surface area contributed by atoms with Gasteiger partial charge in [-0.2, -0.15) is 0 Å². The molecule has 3 aromatic carbocycles. The molecule has 0 aliphatic rings. The van der Waals surface area contributed by atoms with Gasteiger partial charge in [0.2, 0.25) is 0 Å². The number of nitrogens with zero attached hydrogens (tertiary/aromatic N) is 1. The predicted octanol–water partition coefficient (Wildman–Crippen LogP) is 5.37. The number of fused-ring (bicyclic) bond motifs is 2. The normalized spacial score (nSPS) is 11.5. The predicted molar refractivity (Wildman–Crippen MR) is 104 cm³/mol. The number of hydrogen-bond acceptors (Lipinski definition) is 1. The Morgan fingerprint density at radius 2 is 1.75 bits per heavy atom. The largest absolute Gasteiger partial charge is 0.346 e. The second-order valence-corrected chi connectivity index (χ2v) is 6.55. The lowest BCUT2D eigenvalue weighted by Gasteiger charge is -2.09. The molecule has 0 atom stereocenters. The van der Waals surface area contributed by atoms with Crippen molar-refractivity contribution in [3.8, 4) is 11.1 Å². The molecule has 1 aromatic heterocycles. The van der Waals surface area contributed by atoms with E-state index in [1.165, 1.54) is 33.1 Å². The van der Waals surface area contributed by atoms with Crippen LogP contribution in [0.2, 0.25) is 5.02 Å². The lowest BCUT2D eigenvalue weighted by molar-refractivity contribution is 0.745. The first-order valence-corrected chi connectivity index (χ1v) is 8.47. The van der Waals surface area contributed by atoms with E-state index in [2.05, 4.69) is 65.5 Å². The van der Waals surface area contributed by atoms with E-state index in [-0.39, 0.29) is 0 Å². The summed E-state index contributed by atoms with van der Waals surface area (Å²) in [4.78, 5) is 0. The molecule has 24 heavy (non-hydrogen) atoms. The van der Waals surface area contributed by atoms with Gasteiger partial charge in [0.25, 0.3) is 0 Å². The van der Waals surface area contributed by atoms with Gasteiger partial charge in [-0.3, -0.25) is 0 Å². The van der Waals surface area contributed by atoms with Crippen LogP contribution in [0.5, 0.6) is 0 Å². The molecule has 0 amide bonds. The molecule has 0 aliphatic heterocycles. The highest BCUT2D eigenvalue weighted by atomic mass is 35.5. The van der Waals surface area contributed by atoms with Crippen LogP contribution in [0.3, 0.4) is 0 Å². The summed E-state index contributed by atoms with van der Waals surface area (Å²) >= 11 is 6.36. The van der Waals surface area contributed by atoms with Crippen molar-refractivity contribution in [3.63, 3.8) is 0 Å². The topological polar surface area (TPSA) is 17.0 Å². The van der Waals surface area contributed by atoms with E-state index in [1.54, 1.807) is 0 Å². The molecule has 0 aliphatic carbocycles. The third-order valence-corrected chi connectivity index (χ3v) is 5.01. The molecule has 1 heterocycles. The third kappa shape index (κ3) is 2.39. The molecule has 0 saturated carbocycles. The summed E-state index contributed by atoms with van der Waals surface area (Å²) in [6, 6.07) is 21.3. The minimum Gasteiger partial charge on any atom is -0.346 e. The highest BCUT2D eigenvalue weighted by Crippen LogP contribution is 2.34. The maximum absolute atomic E-state index is 6.36. The van der Waals surface area contributed by atoms with Gasteiger partial charge < -0.3 is 9.88 Å². The van der Waals surface area contributed by atoms with E-state index in [9.17, 15) is 0 Å². The molecule has 4 rings (SSSR count). The van der Waals surface area contributed by atoms with Gasteiger partial charge in [0.15, 0.2) is 0 Å². The molecule has 1 N–H and O–H groups in total. The highest BCUT2D eigenvalue weighted by molar-refractivity contribution is 6.36. The smallest absolute Gasteiger partial charge is 0.0486 e. The Balaban J connectivity index is 1.94. The Hall–Kier alpha value is -2.29. The Morgan fingerprint density at radius 1 is 0.958 bits per heavy atom. The number of aromatic nitrogens is 1. The summed E-state index contributed by atoms with van der Waals surface area (Å²) in [6.45, 7) is 0.865. The van der Waals surface area contributed by atoms with E-state index in [0.29, 0.717) is 0 Å². The Morgan fingerprint density at radius 3 is 2.54 bits per heavy atom. The van der Waals surface area contributed by atoms with Crippen LogP contribution in [0.4, 0.5) is 0 Å². The molecular formula is C21H19ClN2. The SMILES string of the molecule is CNCc1cc2ccc(-c3ccc(Cl)c4ccccc34)cc2n1C. The molecule has 4 aromatic rings. The maximum Gasteiger partial charge on any atom is 0.0486 e. The summed E-state index contributed by atoms with van der Waals surface area (Å²) < 4.78 is 2.26. The van der Waals surface area contributed by atoms with E-state index in [0.717, 1.165) is 17.0 Å². The molecular weight excluding hydrogens is 316 g/mol. The lowest BCUT2D eigenvalue weighted by Crippen LogP contribution is -2.08. The first kappa shape index (κ1) is 15.3. The van der Waals surface area contributed by atoms with Gasteiger partial charge >= 0.3 is 0 Å². The number of nitrogens with one attached hydrogen (secondary N) is 1. The first-order chi connectivity index (χ1) is 11.7. The van der Waals surface area contributed by atoms with Crippen LogP contribution in [0.1, 0.15) is 5.69 Å². The monoisotopic (exact) mass is 334 g/mol. The lowest BCUT2D eigenvalue weighted by atomic mass is 9.97. The molecule has 3 heteroatoms. The van der Waals surface area contributed by atoms with E-state index in [4.69, 9.17) is 11.6 Å². The summed E-state index contributed by atoms with van der Waals surface area (Å²) in [6.07, 6.45) is 0. The van der Waals surface area contributed by atoms with Crippen LogP contribution < -0.4 is 5.32 Å². The fourth-order valence-corrected chi connectivity index (χ4v) is 3.65. The van der Waals surface area contributed by atoms with Crippen molar-refractivity contribution in [1.29, 1.82) is 0 Å². The van der Waals surface area contributed by atoms with Crippen molar-refractivity contribution in [3.05, 3.63) is 71.4 Å². The molecule has 0 unspecified atom stereocenters. The standard InChI is InChI=1S/C21H19ClN2/c1-23-13-16-11-15-8-7-14(12-21(15)24(16)2)17-9-10-20(22)19-6-4-3-5-18(17)19/h3-12,23H,13H2,1-2H3. The van der Waals surface area contributed by atoms with Gasteiger partial charge in [-0.25, -0.2) is 0 Å². The molecule has 0 spiro atoms. The van der Waals surface area contributed by atoms with E-state index >= 15 is 0 Å². The van der Waals surface area contributed by atoms with Gasteiger partial charge in [-0.05, 0) is 47.1 Å². The zero-order chi connectivity index (χ0) is 16.7. The van der Waals surface area contributed by atoms with Crippen molar-refractivity contribution >= 4 is 33.3 Å². The average molecular weight is 335 g/mol. The van der Waals surface area contributed by atoms with Crippen LogP contribution in [-0.4, -0.2) is 11.6 Å². The number of rotatable bonds is 3. The second kappa shape index (κ2) is 5.97. The van der Waals surface area contributed by atoms with Crippen molar-refractivity contribution in [2.45, 2.75) is 6.54 Å². The van der Waals surface area contributed by atoms with Gasteiger partial charge in [-0.15, -0.1) is 0 Å². The Bertz CT molecular complexity index is 1050. The Kier molecular flexibility index (Phi) is 3.79. The van der Waals surface area contributed by atoms with Crippen LogP contribution in [0.25, 0.3) is 32.8 Å². The van der Waals surface area contributed by atoms with E-state index < -0.39 is 0 Å². The summed E-state index contributed by atoms with van der Waals surface area (Å²) in [5.74, 6) is 0. The van der Waals surface area contributed by atoms with Crippen LogP contribution >= 0.6 is 11.6 Å². The summed E-state index contributed by atoms with van der Waals surface area (Å²) in [5.41, 5.74) is 4.96. The Labute approximate surface area is 146 Å². The quantitative estimate of drug-likeness (QED) is 0.533. The van der Waals surface area contributed by atoms with Crippen LogP contribution in [0, 0.1) is 0 Å². The van der Waals surface area contributed by atoms with Crippen LogP contribution in [-0.2, 0) is 13.6 Å². The van der Waals surface area contributed by atoms with Gasteiger partial charge in [0, 0.05) is 35.2 Å². The van der Waals surface area contributed by atoms with Crippen molar-refractivity contribution in [2.24, 2.45) is 7.05 Å². The summed E-state index contributed by atoms with van der Waals surface area (Å²) in [7, 11) is 4.10. The van der Waals surface area contributed by atoms with E-state index in [1.807, 2.05) is 19.2 Å². The summed E-state index contributed by atoms with van der Waals surface area (Å²) in [5, 5.41) is 7.58. The van der Waals surface area contributed by atoms with Crippen molar-refractivity contribution < 1.29 is 0 Å². The highest BCUT2D eigenvalue weighted by Gasteiger charge is 2.10. The molecule has 120 valence electrons. The average Bonchev–Trinajstić information content (AvgIpc) is 2.92. The van der Waals surface area contributed by atoms with Crippen LogP contribution in [0.15, 0.2) is 60.7 Å². The van der Waals surface area contributed by atoms with Gasteiger partial charge in [0.1, 0.15) is 0 Å².